The van der Waals surface area contributed by atoms with Gasteiger partial charge in [-0.05, 0) is 0 Å². The number of ether oxygens (including phenoxy) is 1. The van der Waals surface area contributed by atoms with Gasteiger partial charge in [-0.1, -0.05) is 50.3 Å². The lowest BCUT2D eigenvalue weighted by Crippen LogP contribution is -2.31. The maximum absolute atomic E-state index is 11.6. The van der Waals surface area contributed by atoms with Gasteiger partial charge in [0.1, 0.15) is 0 Å². The molecular formula is C14H17NO2. The quantitative estimate of drug-likeness (QED) is 0.743. The number of carbonyl (C=O) groups excluding carboxylic acids is 1. The van der Waals surface area contributed by atoms with Gasteiger partial charge < -0.3 is 9.64 Å². The van der Waals surface area contributed by atoms with E-state index in [0.717, 1.165) is 5.56 Å². The molecule has 0 aliphatic carbocycles. The number of nitrogens with zero attached hydrogens (tertiary/aromatic N) is 1. The first kappa shape index (κ1) is 11.9. The zero-order valence-electron chi connectivity index (χ0n) is 10.2. The minimum Gasteiger partial charge on any atom is -0.351 e. The Morgan fingerprint density at radius 3 is 2.65 bits per heavy atom. The Bertz CT molecular complexity index is 413. The molecule has 0 N–H and O–H groups in total. The number of carbonyl (C=O) groups is 1. The van der Waals surface area contributed by atoms with Crippen LogP contribution in [0, 0.1) is 0 Å². The third kappa shape index (κ3) is 2.11. The molecular weight excluding hydrogens is 214 g/mol. The summed E-state index contributed by atoms with van der Waals surface area (Å²) in [5.41, 5.74) is 1.04. The molecule has 3 heteroatoms. The fourth-order valence-electron chi connectivity index (χ4n) is 2.11. The molecule has 1 fully saturated rings. The standard InChI is InChI=1S/C12H11NO2.C2H6/c14-11-7-6-10-8-15-12(13(10)11)9-4-2-1-3-5-9;1-2/h1-7,10,12H,8H2;1-2H3/t10-,12+;/m0./s1. The lowest BCUT2D eigenvalue weighted by Gasteiger charge is -2.22. The van der Waals surface area contributed by atoms with Crippen LogP contribution in [0.4, 0.5) is 0 Å². The van der Waals surface area contributed by atoms with E-state index in [-0.39, 0.29) is 18.2 Å². The van der Waals surface area contributed by atoms with Crippen LogP contribution in [0.15, 0.2) is 42.5 Å². The van der Waals surface area contributed by atoms with Crippen molar-refractivity contribution in [3.8, 4) is 0 Å². The highest BCUT2D eigenvalue weighted by atomic mass is 16.5. The van der Waals surface area contributed by atoms with Crippen LogP contribution in [0.1, 0.15) is 25.6 Å². The van der Waals surface area contributed by atoms with Crippen LogP contribution in [-0.4, -0.2) is 23.5 Å². The van der Waals surface area contributed by atoms with E-state index in [1.807, 2.05) is 50.3 Å². The SMILES string of the molecule is CC.O=C1C=C[C@H]2CO[C@H](c3ccccc3)N12. The molecule has 90 valence electrons. The Balaban J connectivity index is 0.000000514. The van der Waals surface area contributed by atoms with Crippen LogP contribution in [0.25, 0.3) is 0 Å². The van der Waals surface area contributed by atoms with Crippen LogP contribution >= 0.6 is 0 Å². The maximum atomic E-state index is 11.6. The van der Waals surface area contributed by atoms with Crippen LogP contribution in [0.5, 0.6) is 0 Å². The minimum atomic E-state index is -0.210. The van der Waals surface area contributed by atoms with E-state index >= 15 is 0 Å². The molecule has 0 unspecified atom stereocenters. The van der Waals surface area contributed by atoms with Crippen molar-refractivity contribution in [3.63, 3.8) is 0 Å². The number of hydrogen-bond donors (Lipinski definition) is 0. The second kappa shape index (κ2) is 5.15. The van der Waals surface area contributed by atoms with Crippen molar-refractivity contribution in [3.05, 3.63) is 48.0 Å². The smallest absolute Gasteiger partial charge is 0.249 e. The van der Waals surface area contributed by atoms with E-state index in [9.17, 15) is 4.79 Å². The second-order valence-corrected chi connectivity index (χ2v) is 3.77. The summed E-state index contributed by atoms with van der Waals surface area (Å²) < 4.78 is 5.63. The molecule has 2 aliphatic heterocycles. The first-order valence-electron chi connectivity index (χ1n) is 6.03. The Morgan fingerprint density at radius 1 is 1.24 bits per heavy atom. The lowest BCUT2D eigenvalue weighted by molar-refractivity contribution is -0.130. The molecule has 3 nitrogen and oxygen atoms in total. The van der Waals surface area contributed by atoms with Gasteiger partial charge in [0, 0.05) is 11.6 Å². The summed E-state index contributed by atoms with van der Waals surface area (Å²) in [5, 5.41) is 0. The van der Waals surface area contributed by atoms with Gasteiger partial charge in [0.05, 0.1) is 12.6 Å². The van der Waals surface area contributed by atoms with Gasteiger partial charge in [-0.2, -0.15) is 0 Å². The Labute approximate surface area is 102 Å². The number of benzene rings is 1. The molecule has 1 saturated heterocycles. The Kier molecular flexibility index (Phi) is 3.59. The van der Waals surface area contributed by atoms with Crippen LogP contribution in [0.3, 0.4) is 0 Å². The molecule has 2 aliphatic rings. The minimum absolute atomic E-state index is 0.0475. The highest BCUT2D eigenvalue weighted by Crippen LogP contribution is 2.33. The summed E-state index contributed by atoms with van der Waals surface area (Å²) in [5.74, 6) is 0.0475. The summed E-state index contributed by atoms with van der Waals surface area (Å²) >= 11 is 0. The van der Waals surface area contributed by atoms with Crippen LogP contribution < -0.4 is 0 Å². The van der Waals surface area contributed by atoms with E-state index in [2.05, 4.69) is 0 Å². The molecule has 3 rings (SSSR count). The number of amides is 1. The van der Waals surface area contributed by atoms with Crippen molar-refractivity contribution in [2.75, 3.05) is 6.61 Å². The average Bonchev–Trinajstić information content (AvgIpc) is 2.97. The van der Waals surface area contributed by atoms with E-state index < -0.39 is 0 Å². The van der Waals surface area contributed by atoms with Gasteiger partial charge in [-0.3, -0.25) is 4.79 Å². The van der Waals surface area contributed by atoms with Crippen molar-refractivity contribution in [1.82, 2.24) is 4.90 Å². The maximum Gasteiger partial charge on any atom is 0.249 e. The molecule has 1 aromatic carbocycles. The lowest BCUT2D eigenvalue weighted by atomic mass is 10.2. The van der Waals surface area contributed by atoms with Gasteiger partial charge in [-0.25, -0.2) is 0 Å². The van der Waals surface area contributed by atoms with Crippen molar-refractivity contribution < 1.29 is 9.53 Å². The van der Waals surface area contributed by atoms with Gasteiger partial charge in [-0.15, -0.1) is 0 Å². The van der Waals surface area contributed by atoms with Crippen molar-refractivity contribution >= 4 is 5.91 Å². The predicted octanol–water partition coefficient (Wildman–Crippen LogP) is 2.51. The van der Waals surface area contributed by atoms with Crippen molar-refractivity contribution in [2.24, 2.45) is 0 Å². The fourth-order valence-corrected chi connectivity index (χ4v) is 2.11. The fraction of sp³-hybridized carbons (Fsp3) is 0.357. The van der Waals surface area contributed by atoms with E-state index in [1.54, 1.807) is 11.0 Å². The monoisotopic (exact) mass is 231 g/mol. The summed E-state index contributed by atoms with van der Waals surface area (Å²) in [7, 11) is 0. The third-order valence-corrected chi connectivity index (χ3v) is 2.83. The Morgan fingerprint density at radius 2 is 1.94 bits per heavy atom. The molecule has 0 aromatic heterocycles. The molecule has 0 saturated carbocycles. The molecule has 1 aromatic rings. The Hall–Kier alpha value is -1.61. The number of rotatable bonds is 1. The van der Waals surface area contributed by atoms with Crippen molar-refractivity contribution in [2.45, 2.75) is 26.1 Å². The third-order valence-electron chi connectivity index (χ3n) is 2.83. The van der Waals surface area contributed by atoms with Gasteiger partial charge in [0.2, 0.25) is 5.91 Å². The normalized spacial score (nSPS) is 25.5. The van der Waals surface area contributed by atoms with E-state index in [4.69, 9.17) is 4.74 Å². The topological polar surface area (TPSA) is 29.5 Å². The van der Waals surface area contributed by atoms with Crippen molar-refractivity contribution in [1.29, 1.82) is 0 Å². The van der Waals surface area contributed by atoms with Gasteiger partial charge in [0.15, 0.2) is 6.23 Å². The first-order valence-corrected chi connectivity index (χ1v) is 6.03. The number of hydrogen-bond acceptors (Lipinski definition) is 2. The molecule has 0 spiro atoms. The van der Waals surface area contributed by atoms with Crippen LogP contribution in [-0.2, 0) is 9.53 Å². The largest absolute Gasteiger partial charge is 0.351 e. The van der Waals surface area contributed by atoms with Gasteiger partial charge >= 0.3 is 0 Å². The van der Waals surface area contributed by atoms with E-state index in [1.165, 1.54) is 0 Å². The summed E-state index contributed by atoms with van der Waals surface area (Å²) in [6.45, 7) is 4.60. The average molecular weight is 231 g/mol. The second-order valence-electron chi connectivity index (χ2n) is 3.77. The highest BCUT2D eigenvalue weighted by Gasteiger charge is 2.39. The highest BCUT2D eigenvalue weighted by molar-refractivity contribution is 5.91. The zero-order chi connectivity index (χ0) is 12.3. The molecule has 0 radical (unpaired) electrons. The van der Waals surface area contributed by atoms with Crippen LogP contribution in [0.2, 0.25) is 0 Å². The van der Waals surface area contributed by atoms with E-state index in [0.29, 0.717) is 6.61 Å². The molecule has 2 heterocycles. The molecule has 2 atom stereocenters. The molecule has 0 bridgehead atoms. The summed E-state index contributed by atoms with van der Waals surface area (Å²) in [4.78, 5) is 13.4. The molecule has 17 heavy (non-hydrogen) atoms. The van der Waals surface area contributed by atoms with Gasteiger partial charge in [0.25, 0.3) is 0 Å². The zero-order valence-corrected chi connectivity index (χ0v) is 10.2. The number of fused-ring (bicyclic) bond motifs is 1. The summed E-state index contributed by atoms with van der Waals surface area (Å²) in [6.07, 6.45) is 3.33. The predicted molar refractivity (Wildman–Crippen MR) is 66.3 cm³/mol. The molecule has 1 amide bonds. The first-order chi connectivity index (χ1) is 8.36. The summed E-state index contributed by atoms with van der Waals surface area (Å²) in [6, 6.07) is 9.97.